The molecule has 0 N–H and O–H groups in total. The molecule has 132 valence electrons. The molecule has 1 saturated heterocycles. The van der Waals surface area contributed by atoms with E-state index < -0.39 is 30.3 Å². The molecule has 1 fully saturated rings. The highest BCUT2D eigenvalue weighted by molar-refractivity contribution is 6.04. The summed E-state index contributed by atoms with van der Waals surface area (Å²) in [7, 11) is 0. The molecule has 6 nitrogen and oxygen atoms in total. The van der Waals surface area contributed by atoms with E-state index in [1.54, 1.807) is 6.08 Å². The molecule has 0 aromatic rings. The number of rotatable bonds is 8. The maximum Gasteiger partial charge on any atom is 0.303 e. The molecule has 24 heavy (non-hydrogen) atoms. The molecule has 0 radical (unpaired) electrons. The Morgan fingerprint density at radius 3 is 2.58 bits per heavy atom. The van der Waals surface area contributed by atoms with Gasteiger partial charge >= 0.3 is 11.9 Å². The second-order valence-electron chi connectivity index (χ2n) is 6.03. The lowest BCUT2D eigenvalue weighted by Gasteiger charge is -2.23. The quantitative estimate of drug-likeness (QED) is 0.384. The first-order chi connectivity index (χ1) is 11.5. The van der Waals surface area contributed by atoms with Crippen molar-refractivity contribution >= 4 is 17.7 Å². The van der Waals surface area contributed by atoms with Gasteiger partial charge in [0.1, 0.15) is 12.7 Å². The number of ketones is 1. The second kappa shape index (κ2) is 8.24. The first-order valence-corrected chi connectivity index (χ1v) is 8.35. The molecular formula is C18H24O6. The van der Waals surface area contributed by atoms with Crippen LogP contribution in [0.15, 0.2) is 23.3 Å². The lowest BCUT2D eigenvalue weighted by atomic mass is 9.88. The molecule has 6 heteroatoms. The molecular weight excluding hydrogens is 312 g/mol. The third-order valence-electron chi connectivity index (χ3n) is 4.02. The van der Waals surface area contributed by atoms with Gasteiger partial charge in [0.25, 0.3) is 0 Å². The van der Waals surface area contributed by atoms with E-state index in [-0.39, 0.29) is 12.4 Å². The van der Waals surface area contributed by atoms with Crippen LogP contribution in [0.2, 0.25) is 0 Å². The van der Waals surface area contributed by atoms with Crippen molar-refractivity contribution in [3.63, 3.8) is 0 Å². The van der Waals surface area contributed by atoms with Crippen molar-refractivity contribution in [1.82, 2.24) is 0 Å². The van der Waals surface area contributed by atoms with Crippen LogP contribution in [-0.4, -0.2) is 42.6 Å². The van der Waals surface area contributed by atoms with Crippen LogP contribution in [0, 0.1) is 0 Å². The zero-order valence-corrected chi connectivity index (χ0v) is 14.4. The first-order valence-electron chi connectivity index (χ1n) is 8.35. The van der Waals surface area contributed by atoms with E-state index >= 15 is 0 Å². The Kier molecular flexibility index (Phi) is 6.31. The SMILES string of the molecule is CCCCC/C=C/C1=C(COC(C)=O)C(=O)[C@H]2O[C@H]2[C@@H]1OC(C)=O. The van der Waals surface area contributed by atoms with Gasteiger partial charge in [-0.05, 0) is 12.8 Å². The van der Waals surface area contributed by atoms with Crippen molar-refractivity contribution in [1.29, 1.82) is 0 Å². The van der Waals surface area contributed by atoms with Gasteiger partial charge in [-0.15, -0.1) is 0 Å². The topological polar surface area (TPSA) is 82.2 Å². The van der Waals surface area contributed by atoms with Crippen LogP contribution >= 0.6 is 0 Å². The van der Waals surface area contributed by atoms with Crippen molar-refractivity contribution in [3.8, 4) is 0 Å². The van der Waals surface area contributed by atoms with Gasteiger partial charge in [-0.1, -0.05) is 31.9 Å². The third-order valence-corrected chi connectivity index (χ3v) is 4.02. The Labute approximate surface area is 141 Å². The summed E-state index contributed by atoms with van der Waals surface area (Å²) in [5.41, 5.74) is 0.925. The molecule has 0 spiro atoms. The highest BCUT2D eigenvalue weighted by atomic mass is 16.6. The van der Waals surface area contributed by atoms with Crippen LogP contribution in [0.4, 0.5) is 0 Å². The molecule has 0 unspecified atom stereocenters. The van der Waals surface area contributed by atoms with E-state index in [0.717, 1.165) is 25.7 Å². The molecule has 2 rings (SSSR count). The number of carbonyl (C=O) groups is 3. The predicted octanol–water partition coefficient (Wildman–Crippen LogP) is 2.26. The summed E-state index contributed by atoms with van der Waals surface area (Å²) < 4.78 is 15.7. The van der Waals surface area contributed by atoms with Crippen LogP contribution in [0.25, 0.3) is 0 Å². The minimum atomic E-state index is -0.627. The molecule has 0 amide bonds. The summed E-state index contributed by atoms with van der Waals surface area (Å²) in [5, 5.41) is 0. The Balaban J connectivity index is 2.23. The van der Waals surface area contributed by atoms with E-state index in [2.05, 4.69) is 6.92 Å². The summed E-state index contributed by atoms with van der Waals surface area (Å²) in [6, 6.07) is 0. The number of hydrogen-bond donors (Lipinski definition) is 0. The molecule has 0 bridgehead atoms. The first kappa shape index (κ1) is 18.4. The van der Waals surface area contributed by atoms with Gasteiger partial charge in [0.05, 0.1) is 0 Å². The fourth-order valence-electron chi connectivity index (χ4n) is 2.78. The number of hydrogen-bond acceptors (Lipinski definition) is 6. The van der Waals surface area contributed by atoms with Crippen LogP contribution in [0.3, 0.4) is 0 Å². The summed E-state index contributed by atoms with van der Waals surface area (Å²) >= 11 is 0. The Morgan fingerprint density at radius 1 is 1.21 bits per heavy atom. The normalized spacial score (nSPS) is 25.6. The minimum absolute atomic E-state index is 0.132. The van der Waals surface area contributed by atoms with Crippen molar-refractivity contribution in [2.45, 2.75) is 64.8 Å². The van der Waals surface area contributed by atoms with Gasteiger partial charge in [0.15, 0.2) is 18.0 Å². The molecule has 0 aromatic heterocycles. The van der Waals surface area contributed by atoms with Crippen LogP contribution in [0.5, 0.6) is 0 Å². The van der Waals surface area contributed by atoms with Gasteiger partial charge in [-0.25, -0.2) is 0 Å². The minimum Gasteiger partial charge on any atom is -0.461 e. The lowest BCUT2D eigenvalue weighted by molar-refractivity contribution is -0.146. The average molecular weight is 336 g/mol. The largest absolute Gasteiger partial charge is 0.461 e. The molecule has 0 aromatic carbocycles. The lowest BCUT2D eigenvalue weighted by Crippen LogP contribution is -2.35. The number of ether oxygens (including phenoxy) is 3. The number of esters is 2. The monoisotopic (exact) mass is 336 g/mol. The summed E-state index contributed by atoms with van der Waals surface area (Å²) in [6.07, 6.45) is 6.28. The summed E-state index contributed by atoms with van der Waals surface area (Å²) in [6.45, 7) is 4.61. The maximum atomic E-state index is 12.4. The molecule has 1 aliphatic carbocycles. The number of fused-ring (bicyclic) bond motifs is 1. The zero-order chi connectivity index (χ0) is 17.7. The van der Waals surface area contributed by atoms with E-state index in [1.165, 1.54) is 13.8 Å². The van der Waals surface area contributed by atoms with E-state index in [1.807, 2.05) is 6.08 Å². The van der Waals surface area contributed by atoms with Crippen LogP contribution in [-0.2, 0) is 28.6 Å². The molecule has 0 saturated carbocycles. The fraction of sp³-hybridized carbons (Fsp3) is 0.611. The number of Topliss-reactive ketones (excluding diaryl/α,β-unsaturated/α-hetero) is 1. The van der Waals surface area contributed by atoms with Gasteiger partial charge in [-0.3, -0.25) is 14.4 Å². The Hall–Kier alpha value is -1.95. The van der Waals surface area contributed by atoms with E-state index in [9.17, 15) is 14.4 Å². The van der Waals surface area contributed by atoms with Crippen molar-refractivity contribution in [3.05, 3.63) is 23.3 Å². The van der Waals surface area contributed by atoms with Crippen molar-refractivity contribution in [2.24, 2.45) is 0 Å². The Bertz CT molecular complexity index is 574. The smallest absolute Gasteiger partial charge is 0.303 e. The van der Waals surface area contributed by atoms with Gasteiger partial charge < -0.3 is 14.2 Å². The summed E-state index contributed by atoms with van der Waals surface area (Å²) in [5.74, 6) is -1.10. The highest BCUT2D eigenvalue weighted by Gasteiger charge is 2.57. The van der Waals surface area contributed by atoms with Gasteiger partial charge in [0.2, 0.25) is 0 Å². The van der Waals surface area contributed by atoms with E-state index in [4.69, 9.17) is 14.2 Å². The number of epoxide rings is 1. The van der Waals surface area contributed by atoms with Crippen LogP contribution < -0.4 is 0 Å². The number of unbranched alkanes of at least 4 members (excludes halogenated alkanes) is 3. The molecule has 1 aliphatic heterocycles. The van der Waals surface area contributed by atoms with Crippen molar-refractivity contribution in [2.75, 3.05) is 6.61 Å². The predicted molar refractivity (Wildman–Crippen MR) is 86.2 cm³/mol. The van der Waals surface area contributed by atoms with Gasteiger partial charge in [0, 0.05) is 25.0 Å². The standard InChI is InChI=1S/C18H24O6/c1-4-5-6-7-8-9-13-14(10-22-11(2)19)15(21)17-18(24-17)16(13)23-12(3)20/h8-9,16-18H,4-7,10H2,1-3H3/b9-8+/t16-,17-,18+/m1/s1. The third kappa shape index (κ3) is 4.54. The molecule has 2 aliphatic rings. The fourth-order valence-corrected chi connectivity index (χ4v) is 2.78. The van der Waals surface area contributed by atoms with Crippen molar-refractivity contribution < 1.29 is 28.6 Å². The Morgan fingerprint density at radius 2 is 1.96 bits per heavy atom. The average Bonchev–Trinajstić information content (AvgIpc) is 3.30. The van der Waals surface area contributed by atoms with Crippen LogP contribution in [0.1, 0.15) is 46.5 Å². The molecule has 3 atom stereocenters. The number of allylic oxidation sites excluding steroid dienone is 1. The highest BCUT2D eigenvalue weighted by Crippen LogP contribution is 2.40. The number of carbonyl (C=O) groups excluding carboxylic acids is 3. The second-order valence-corrected chi connectivity index (χ2v) is 6.03. The molecule has 1 heterocycles. The maximum absolute atomic E-state index is 12.4. The summed E-state index contributed by atoms with van der Waals surface area (Å²) in [4.78, 5) is 34.9. The van der Waals surface area contributed by atoms with Gasteiger partial charge in [-0.2, -0.15) is 0 Å². The van der Waals surface area contributed by atoms with E-state index in [0.29, 0.717) is 11.1 Å². The zero-order valence-electron chi connectivity index (χ0n) is 14.4.